The summed E-state index contributed by atoms with van der Waals surface area (Å²) >= 11 is 0. The monoisotopic (exact) mass is 438 g/mol. The Kier molecular flexibility index (Phi) is 10.5. The van der Waals surface area contributed by atoms with Gasteiger partial charge in [-0.3, -0.25) is 9.59 Å². The number of methoxy groups -OCH3 is 1. The van der Waals surface area contributed by atoms with Crippen LogP contribution in [0.5, 0.6) is 0 Å². The number of rotatable bonds is 7. The van der Waals surface area contributed by atoms with Crippen LogP contribution in [0.25, 0.3) is 0 Å². The van der Waals surface area contributed by atoms with Crippen LogP contribution in [0.15, 0.2) is 24.3 Å². The van der Waals surface area contributed by atoms with Crippen molar-refractivity contribution < 1.29 is 41.8 Å². The number of hydrogen-bond acceptors (Lipinski definition) is 5. The van der Waals surface area contributed by atoms with E-state index in [4.69, 9.17) is 15.6 Å². The third kappa shape index (κ3) is 10.7. The Morgan fingerprint density at radius 3 is 2.03 bits per heavy atom. The molecule has 0 heterocycles. The van der Waals surface area contributed by atoms with Crippen LogP contribution in [-0.2, 0) is 25.5 Å². The SMILES string of the molecule is COC(=O)[C@@H](C)C[C@H](N)C(=O)NC(C)(C)Cc1ccc(F)cc1.O=C(O)C(F)(F)F. The number of ether oxygens (including phenoxy) is 1. The predicted octanol–water partition coefficient (Wildman–Crippen LogP) is 2.42. The second kappa shape index (κ2) is 11.5. The van der Waals surface area contributed by atoms with Gasteiger partial charge in [0, 0.05) is 5.54 Å². The zero-order valence-corrected chi connectivity index (χ0v) is 17.0. The van der Waals surface area contributed by atoms with Gasteiger partial charge in [0.25, 0.3) is 0 Å². The molecular weight excluding hydrogens is 412 g/mol. The summed E-state index contributed by atoms with van der Waals surface area (Å²) in [6.07, 6.45) is -4.33. The third-order valence-electron chi connectivity index (χ3n) is 3.81. The van der Waals surface area contributed by atoms with E-state index in [0.29, 0.717) is 6.42 Å². The largest absolute Gasteiger partial charge is 0.490 e. The minimum absolute atomic E-state index is 0.213. The van der Waals surface area contributed by atoms with Crippen molar-refractivity contribution >= 4 is 17.8 Å². The van der Waals surface area contributed by atoms with E-state index in [1.165, 1.54) is 19.2 Å². The Balaban J connectivity index is 0.00000103. The number of benzene rings is 1. The van der Waals surface area contributed by atoms with Crippen molar-refractivity contribution in [3.8, 4) is 0 Å². The van der Waals surface area contributed by atoms with Gasteiger partial charge in [-0.1, -0.05) is 19.1 Å². The number of carboxylic acids is 1. The number of hydrogen-bond donors (Lipinski definition) is 3. The molecule has 1 rings (SSSR count). The van der Waals surface area contributed by atoms with Crippen molar-refractivity contribution in [3.05, 3.63) is 35.6 Å². The molecule has 0 spiro atoms. The molecule has 0 aliphatic carbocycles. The molecule has 1 aromatic carbocycles. The molecule has 0 saturated carbocycles. The molecule has 0 radical (unpaired) electrons. The van der Waals surface area contributed by atoms with E-state index in [1.807, 2.05) is 13.8 Å². The first-order chi connectivity index (χ1) is 13.6. The molecule has 0 aromatic heterocycles. The zero-order valence-electron chi connectivity index (χ0n) is 17.0. The lowest BCUT2D eigenvalue weighted by Crippen LogP contribution is -2.52. The Morgan fingerprint density at radius 2 is 1.63 bits per heavy atom. The van der Waals surface area contributed by atoms with Crippen LogP contribution in [0.1, 0.15) is 32.8 Å². The molecule has 0 aliphatic heterocycles. The highest BCUT2D eigenvalue weighted by molar-refractivity contribution is 5.83. The van der Waals surface area contributed by atoms with E-state index in [-0.39, 0.29) is 24.1 Å². The van der Waals surface area contributed by atoms with Gasteiger partial charge in [0.1, 0.15) is 5.82 Å². The van der Waals surface area contributed by atoms with E-state index in [2.05, 4.69) is 10.1 Å². The molecule has 0 saturated heterocycles. The van der Waals surface area contributed by atoms with Crippen molar-refractivity contribution in [2.24, 2.45) is 11.7 Å². The van der Waals surface area contributed by atoms with Crippen LogP contribution in [0.3, 0.4) is 0 Å². The fraction of sp³-hybridized carbons (Fsp3) is 0.526. The normalized spacial score (nSPS) is 13.4. The highest BCUT2D eigenvalue weighted by Crippen LogP contribution is 2.15. The number of amides is 1. The summed E-state index contributed by atoms with van der Waals surface area (Å²) in [6, 6.07) is 5.34. The fourth-order valence-electron chi connectivity index (χ4n) is 2.37. The van der Waals surface area contributed by atoms with Crippen molar-refractivity contribution in [1.29, 1.82) is 0 Å². The van der Waals surface area contributed by atoms with Gasteiger partial charge in [-0.2, -0.15) is 13.2 Å². The summed E-state index contributed by atoms with van der Waals surface area (Å²) < 4.78 is 49.3. The van der Waals surface area contributed by atoms with Crippen LogP contribution in [-0.4, -0.2) is 47.8 Å². The van der Waals surface area contributed by atoms with Crippen molar-refractivity contribution in [2.75, 3.05) is 7.11 Å². The highest BCUT2D eigenvalue weighted by atomic mass is 19.4. The number of carboxylic acid groups (broad SMARTS) is 1. The average Bonchev–Trinajstić information content (AvgIpc) is 2.61. The Hall–Kier alpha value is -2.69. The lowest BCUT2D eigenvalue weighted by molar-refractivity contribution is -0.192. The van der Waals surface area contributed by atoms with E-state index in [1.54, 1.807) is 19.1 Å². The molecule has 1 amide bonds. The maximum atomic E-state index is 12.9. The number of carbonyl (C=O) groups is 3. The number of nitrogens with two attached hydrogens (primary N) is 1. The molecule has 2 atom stereocenters. The molecule has 170 valence electrons. The quantitative estimate of drug-likeness (QED) is 0.445. The summed E-state index contributed by atoms with van der Waals surface area (Å²) in [6.45, 7) is 5.40. The van der Waals surface area contributed by atoms with E-state index < -0.39 is 29.6 Å². The average molecular weight is 438 g/mol. The minimum atomic E-state index is -5.08. The van der Waals surface area contributed by atoms with Crippen LogP contribution >= 0.6 is 0 Å². The van der Waals surface area contributed by atoms with Crippen LogP contribution in [0.4, 0.5) is 17.6 Å². The second-order valence-corrected chi connectivity index (χ2v) is 7.25. The predicted molar refractivity (Wildman–Crippen MR) is 99.8 cm³/mol. The fourth-order valence-corrected chi connectivity index (χ4v) is 2.37. The van der Waals surface area contributed by atoms with Gasteiger partial charge >= 0.3 is 18.1 Å². The van der Waals surface area contributed by atoms with Crippen molar-refractivity contribution in [3.63, 3.8) is 0 Å². The molecule has 0 unspecified atom stereocenters. The summed E-state index contributed by atoms with van der Waals surface area (Å²) in [5.41, 5.74) is 6.23. The molecule has 0 fully saturated rings. The number of carbonyl (C=O) groups excluding carboxylic acids is 2. The summed E-state index contributed by atoms with van der Waals surface area (Å²) in [7, 11) is 1.30. The number of aliphatic carboxylic acids is 1. The summed E-state index contributed by atoms with van der Waals surface area (Å²) in [4.78, 5) is 32.5. The van der Waals surface area contributed by atoms with E-state index in [0.717, 1.165) is 5.56 Å². The first-order valence-corrected chi connectivity index (χ1v) is 8.79. The number of halogens is 4. The van der Waals surface area contributed by atoms with Gasteiger partial charge in [0.15, 0.2) is 0 Å². The number of alkyl halides is 3. The Morgan fingerprint density at radius 1 is 1.17 bits per heavy atom. The molecular formula is C19H26F4N2O5. The van der Waals surface area contributed by atoms with Crippen LogP contribution in [0, 0.1) is 11.7 Å². The second-order valence-electron chi connectivity index (χ2n) is 7.25. The van der Waals surface area contributed by atoms with Gasteiger partial charge in [0.2, 0.25) is 5.91 Å². The van der Waals surface area contributed by atoms with E-state index >= 15 is 0 Å². The van der Waals surface area contributed by atoms with Crippen molar-refractivity contribution in [1.82, 2.24) is 5.32 Å². The molecule has 11 heteroatoms. The van der Waals surface area contributed by atoms with Crippen LogP contribution in [0.2, 0.25) is 0 Å². The minimum Gasteiger partial charge on any atom is -0.475 e. The molecule has 0 bridgehead atoms. The Bertz CT molecular complexity index is 721. The summed E-state index contributed by atoms with van der Waals surface area (Å²) in [5.74, 6) is -4.21. The van der Waals surface area contributed by atoms with Gasteiger partial charge in [0.05, 0.1) is 19.1 Å². The molecule has 4 N–H and O–H groups in total. The van der Waals surface area contributed by atoms with Gasteiger partial charge in [-0.05, 0) is 44.4 Å². The third-order valence-corrected chi connectivity index (χ3v) is 3.81. The zero-order chi connectivity index (χ0) is 23.7. The smallest absolute Gasteiger partial charge is 0.475 e. The lowest BCUT2D eigenvalue weighted by Gasteiger charge is -2.28. The molecule has 30 heavy (non-hydrogen) atoms. The van der Waals surface area contributed by atoms with E-state index in [9.17, 15) is 27.2 Å². The number of esters is 1. The number of nitrogens with one attached hydrogen (secondary N) is 1. The van der Waals surface area contributed by atoms with Gasteiger partial charge < -0.3 is 20.9 Å². The Labute approximate surface area is 171 Å². The topological polar surface area (TPSA) is 119 Å². The molecule has 7 nitrogen and oxygen atoms in total. The summed E-state index contributed by atoms with van der Waals surface area (Å²) in [5, 5.41) is 10.00. The maximum Gasteiger partial charge on any atom is 0.490 e. The first-order valence-electron chi connectivity index (χ1n) is 8.79. The lowest BCUT2D eigenvalue weighted by atomic mass is 9.93. The first kappa shape index (κ1) is 27.3. The van der Waals surface area contributed by atoms with Gasteiger partial charge in [-0.15, -0.1) is 0 Å². The standard InChI is InChI=1S/C17H25FN2O3.C2HF3O2/c1-11(16(22)23-4)9-14(19)15(21)20-17(2,3)10-12-5-7-13(18)8-6-12;3-2(4,5)1(6)7/h5-8,11,14H,9-10,19H2,1-4H3,(H,20,21);(H,6,7)/t11-,14-;/m0./s1. The van der Waals surface area contributed by atoms with Crippen molar-refractivity contribution in [2.45, 2.75) is 51.4 Å². The van der Waals surface area contributed by atoms with Crippen LogP contribution < -0.4 is 11.1 Å². The molecule has 1 aromatic rings. The highest BCUT2D eigenvalue weighted by Gasteiger charge is 2.38. The maximum absolute atomic E-state index is 12.9. The van der Waals surface area contributed by atoms with Gasteiger partial charge in [-0.25, -0.2) is 9.18 Å². The molecule has 0 aliphatic rings.